The maximum atomic E-state index is 13.6. The van der Waals surface area contributed by atoms with E-state index in [1.165, 1.54) is 24.9 Å². The molecule has 2 rings (SSSR count). The van der Waals surface area contributed by atoms with Gasteiger partial charge in [0.15, 0.2) is 11.6 Å². The van der Waals surface area contributed by atoms with Crippen LogP contribution in [0.1, 0.15) is 11.6 Å². The molecule has 1 heterocycles. The van der Waals surface area contributed by atoms with Crippen LogP contribution in [0, 0.1) is 5.82 Å². The van der Waals surface area contributed by atoms with Gasteiger partial charge in [-0.1, -0.05) is 17.7 Å². The minimum Gasteiger partial charge on any atom is -0.494 e. The lowest BCUT2D eigenvalue weighted by Gasteiger charge is -2.13. The molecule has 2 N–H and O–H groups in total. The van der Waals surface area contributed by atoms with Crippen LogP contribution in [0.4, 0.5) is 4.39 Å². The van der Waals surface area contributed by atoms with E-state index in [0.29, 0.717) is 16.3 Å². The first-order chi connectivity index (χ1) is 9.61. The summed E-state index contributed by atoms with van der Waals surface area (Å²) in [7, 11) is 1.43. The third kappa shape index (κ3) is 3.62. The van der Waals surface area contributed by atoms with E-state index >= 15 is 0 Å². The van der Waals surface area contributed by atoms with E-state index in [-0.39, 0.29) is 11.8 Å². The molecule has 0 saturated heterocycles. The van der Waals surface area contributed by atoms with Crippen LogP contribution >= 0.6 is 23.4 Å². The number of thioether (sulfide) groups is 1. The second-order valence-electron chi connectivity index (χ2n) is 4.10. The fourth-order valence-electron chi connectivity index (χ4n) is 1.66. The fourth-order valence-corrected chi connectivity index (χ4v) is 2.81. The van der Waals surface area contributed by atoms with Crippen LogP contribution in [0.2, 0.25) is 5.02 Å². The van der Waals surface area contributed by atoms with E-state index in [1.54, 1.807) is 30.5 Å². The van der Waals surface area contributed by atoms with Crippen molar-refractivity contribution in [2.45, 2.75) is 11.1 Å². The molecule has 0 radical (unpaired) electrons. The summed E-state index contributed by atoms with van der Waals surface area (Å²) in [6, 6.07) is 7.96. The number of hydrogen-bond donors (Lipinski definition) is 1. The highest BCUT2D eigenvalue weighted by molar-refractivity contribution is 7.99. The number of aromatic nitrogens is 1. The number of ether oxygens (including phenoxy) is 1. The van der Waals surface area contributed by atoms with Crippen molar-refractivity contribution in [3.63, 3.8) is 0 Å². The number of hydrogen-bond acceptors (Lipinski definition) is 4. The third-order valence-electron chi connectivity index (χ3n) is 2.73. The highest BCUT2D eigenvalue weighted by Gasteiger charge is 2.12. The van der Waals surface area contributed by atoms with Crippen molar-refractivity contribution in [1.29, 1.82) is 0 Å². The number of benzene rings is 1. The Labute approximate surface area is 126 Å². The first kappa shape index (κ1) is 15.1. The van der Waals surface area contributed by atoms with Crippen molar-refractivity contribution >= 4 is 23.4 Å². The molecular formula is C14H14ClFN2OS. The summed E-state index contributed by atoms with van der Waals surface area (Å²) >= 11 is 7.46. The Morgan fingerprint density at radius 2 is 2.25 bits per heavy atom. The molecule has 0 amide bonds. The van der Waals surface area contributed by atoms with E-state index in [0.717, 1.165) is 5.03 Å². The minimum absolute atomic E-state index is 0.210. The highest BCUT2D eigenvalue weighted by Crippen LogP contribution is 2.28. The van der Waals surface area contributed by atoms with Crippen molar-refractivity contribution in [2.24, 2.45) is 5.73 Å². The summed E-state index contributed by atoms with van der Waals surface area (Å²) in [5.74, 6) is 0.352. The largest absolute Gasteiger partial charge is 0.494 e. The maximum absolute atomic E-state index is 13.6. The van der Waals surface area contributed by atoms with Gasteiger partial charge in [0, 0.05) is 18.0 Å². The molecule has 0 saturated carbocycles. The van der Waals surface area contributed by atoms with Crippen LogP contribution in [0.3, 0.4) is 0 Å². The lowest BCUT2D eigenvalue weighted by molar-refractivity contribution is 0.386. The SMILES string of the molecule is COc1ccc(C(N)CSc2ncccc2Cl)cc1F. The van der Waals surface area contributed by atoms with Gasteiger partial charge in [0.05, 0.1) is 12.1 Å². The molecule has 3 nitrogen and oxygen atoms in total. The van der Waals surface area contributed by atoms with Gasteiger partial charge in [-0.25, -0.2) is 9.37 Å². The number of nitrogens with two attached hydrogens (primary N) is 1. The number of rotatable bonds is 5. The van der Waals surface area contributed by atoms with E-state index in [9.17, 15) is 4.39 Å². The zero-order valence-corrected chi connectivity index (χ0v) is 12.4. The zero-order chi connectivity index (χ0) is 14.5. The lowest BCUT2D eigenvalue weighted by atomic mass is 10.1. The smallest absolute Gasteiger partial charge is 0.165 e. The predicted octanol–water partition coefficient (Wildman–Crippen LogP) is 3.67. The van der Waals surface area contributed by atoms with Gasteiger partial charge < -0.3 is 10.5 Å². The van der Waals surface area contributed by atoms with Crippen LogP contribution in [-0.4, -0.2) is 17.8 Å². The molecule has 6 heteroatoms. The summed E-state index contributed by atoms with van der Waals surface area (Å²) in [4.78, 5) is 4.17. The molecule has 0 aliphatic rings. The van der Waals surface area contributed by atoms with Crippen molar-refractivity contribution in [2.75, 3.05) is 12.9 Å². The van der Waals surface area contributed by atoms with Crippen molar-refractivity contribution in [3.8, 4) is 5.75 Å². The highest BCUT2D eigenvalue weighted by atomic mass is 35.5. The fraction of sp³-hybridized carbons (Fsp3) is 0.214. The molecule has 0 bridgehead atoms. The van der Waals surface area contributed by atoms with Gasteiger partial charge in [-0.2, -0.15) is 0 Å². The van der Waals surface area contributed by atoms with Crippen LogP contribution in [-0.2, 0) is 0 Å². The van der Waals surface area contributed by atoms with Crippen LogP contribution in [0.15, 0.2) is 41.6 Å². The Bertz CT molecular complexity index is 597. The molecule has 2 aromatic rings. The second kappa shape index (κ2) is 6.92. The van der Waals surface area contributed by atoms with Crippen LogP contribution < -0.4 is 10.5 Å². The minimum atomic E-state index is -0.415. The zero-order valence-electron chi connectivity index (χ0n) is 10.8. The molecule has 1 atom stereocenters. The van der Waals surface area contributed by atoms with Gasteiger partial charge in [0.25, 0.3) is 0 Å². The Hall–Kier alpha value is -1.30. The Kier molecular flexibility index (Phi) is 5.23. The maximum Gasteiger partial charge on any atom is 0.165 e. The van der Waals surface area contributed by atoms with Gasteiger partial charge in [-0.3, -0.25) is 0 Å². The topological polar surface area (TPSA) is 48.1 Å². The molecule has 1 aromatic heterocycles. The standard InChI is InChI=1S/C14H14ClFN2OS/c1-19-13-5-4-9(7-11(13)16)12(17)8-20-14-10(15)3-2-6-18-14/h2-7,12H,8,17H2,1H3. The molecule has 0 aliphatic heterocycles. The first-order valence-electron chi connectivity index (χ1n) is 5.94. The lowest BCUT2D eigenvalue weighted by Crippen LogP contribution is -2.13. The summed E-state index contributed by atoms with van der Waals surface area (Å²) in [6.07, 6.45) is 1.67. The quantitative estimate of drug-likeness (QED) is 0.856. The summed E-state index contributed by atoms with van der Waals surface area (Å²) in [5.41, 5.74) is 6.77. The predicted molar refractivity (Wildman–Crippen MR) is 79.9 cm³/mol. The average Bonchev–Trinajstić information content (AvgIpc) is 2.46. The summed E-state index contributed by atoms with van der Waals surface area (Å²) < 4.78 is 18.5. The third-order valence-corrected chi connectivity index (χ3v) is 4.27. The first-order valence-corrected chi connectivity index (χ1v) is 7.30. The number of halogens is 2. The Morgan fingerprint density at radius 1 is 1.45 bits per heavy atom. The molecule has 1 unspecified atom stereocenters. The average molecular weight is 313 g/mol. The Balaban J connectivity index is 2.03. The van der Waals surface area contributed by atoms with Crippen molar-refractivity contribution < 1.29 is 9.13 Å². The number of methoxy groups -OCH3 is 1. The second-order valence-corrected chi connectivity index (χ2v) is 5.52. The molecule has 0 fully saturated rings. The molecular weight excluding hydrogens is 299 g/mol. The summed E-state index contributed by atoms with van der Waals surface area (Å²) in [5, 5.41) is 1.31. The van der Waals surface area contributed by atoms with Gasteiger partial charge in [0.1, 0.15) is 5.03 Å². The number of nitrogens with zero attached hydrogens (tertiary/aromatic N) is 1. The molecule has 0 aliphatic carbocycles. The number of pyridine rings is 1. The van der Waals surface area contributed by atoms with E-state index in [4.69, 9.17) is 22.1 Å². The molecule has 0 spiro atoms. The summed E-state index contributed by atoms with van der Waals surface area (Å²) in [6.45, 7) is 0. The van der Waals surface area contributed by atoms with Crippen LogP contribution in [0.5, 0.6) is 5.75 Å². The van der Waals surface area contributed by atoms with E-state index < -0.39 is 5.82 Å². The Morgan fingerprint density at radius 3 is 2.90 bits per heavy atom. The monoisotopic (exact) mass is 312 g/mol. The van der Waals surface area contributed by atoms with Crippen molar-refractivity contribution in [1.82, 2.24) is 4.98 Å². The molecule has 106 valence electrons. The molecule has 1 aromatic carbocycles. The van der Waals surface area contributed by atoms with E-state index in [1.807, 2.05) is 0 Å². The van der Waals surface area contributed by atoms with Crippen molar-refractivity contribution in [3.05, 3.63) is 52.9 Å². The van der Waals surface area contributed by atoms with Gasteiger partial charge in [0.2, 0.25) is 0 Å². The normalized spacial score (nSPS) is 12.2. The van der Waals surface area contributed by atoms with Gasteiger partial charge >= 0.3 is 0 Å². The van der Waals surface area contributed by atoms with E-state index in [2.05, 4.69) is 4.98 Å². The molecule has 20 heavy (non-hydrogen) atoms. The van der Waals surface area contributed by atoms with Gasteiger partial charge in [-0.05, 0) is 29.8 Å². The van der Waals surface area contributed by atoms with Gasteiger partial charge in [-0.15, -0.1) is 11.8 Å². The van der Waals surface area contributed by atoms with Crippen LogP contribution in [0.25, 0.3) is 0 Å².